The van der Waals surface area contributed by atoms with Crippen LogP contribution in [0.2, 0.25) is 0 Å². The third-order valence-electron chi connectivity index (χ3n) is 1.25. The first-order valence-corrected chi connectivity index (χ1v) is 3.07. The Morgan fingerprint density at radius 1 is 1.67 bits per heavy atom. The van der Waals surface area contributed by atoms with E-state index in [1.165, 1.54) is 0 Å². The van der Waals surface area contributed by atoms with Crippen molar-refractivity contribution >= 4 is 5.97 Å². The summed E-state index contributed by atoms with van der Waals surface area (Å²) in [4.78, 5) is 12.0. The number of nitrogens with zero attached hydrogens (tertiary/aromatic N) is 1. The maximum atomic E-state index is 9.99. The zero-order valence-corrected chi connectivity index (χ0v) is 5.92. The lowest BCUT2D eigenvalue weighted by molar-refractivity contribution is -0.137. The van der Waals surface area contributed by atoms with Gasteiger partial charge in [-0.1, -0.05) is 6.92 Å². The van der Waals surface area contributed by atoms with Gasteiger partial charge in [0.25, 0.3) is 0 Å². The zero-order valence-electron chi connectivity index (χ0n) is 5.92. The van der Waals surface area contributed by atoms with Gasteiger partial charge < -0.3 is 10.0 Å². The third-order valence-corrected chi connectivity index (χ3v) is 1.25. The van der Waals surface area contributed by atoms with E-state index in [1.807, 2.05) is 18.9 Å². The van der Waals surface area contributed by atoms with Crippen molar-refractivity contribution in [3.8, 4) is 0 Å². The highest BCUT2D eigenvalue weighted by molar-refractivity contribution is 5.66. The Morgan fingerprint density at radius 2 is 2.22 bits per heavy atom. The van der Waals surface area contributed by atoms with Gasteiger partial charge in [-0.15, -0.1) is 0 Å². The second-order valence-electron chi connectivity index (χ2n) is 2.04. The average Bonchev–Trinajstić information content (AvgIpc) is 1.83. The molecule has 0 rings (SSSR count). The summed E-state index contributed by atoms with van der Waals surface area (Å²) in [5, 5.41) is 8.23. The van der Waals surface area contributed by atoms with Crippen molar-refractivity contribution in [1.29, 1.82) is 0 Å². The van der Waals surface area contributed by atoms with Crippen LogP contribution in [0.1, 0.15) is 13.3 Å². The molecule has 54 valence electrons. The molecule has 0 heterocycles. The van der Waals surface area contributed by atoms with Crippen LogP contribution in [0.5, 0.6) is 0 Å². The summed E-state index contributed by atoms with van der Waals surface area (Å²) in [6.45, 7) is 3.56. The number of hydrogen-bond acceptors (Lipinski definition) is 2. The molecule has 0 spiro atoms. The molecule has 0 aromatic heterocycles. The summed E-state index contributed by atoms with van der Waals surface area (Å²) in [6.07, 6.45) is 0.240. The van der Waals surface area contributed by atoms with Crippen LogP contribution in [0.4, 0.5) is 0 Å². The predicted octanol–water partition coefficient (Wildman–Crippen LogP) is 0.413. The fraction of sp³-hybridized carbons (Fsp3) is 0.833. The van der Waals surface area contributed by atoms with Crippen LogP contribution >= 0.6 is 0 Å². The number of carboxylic acids is 1. The van der Waals surface area contributed by atoms with Crippen molar-refractivity contribution in [1.82, 2.24) is 4.90 Å². The molecular formula is C6H13NO2. The van der Waals surface area contributed by atoms with Crippen molar-refractivity contribution in [2.24, 2.45) is 0 Å². The summed E-state index contributed by atoms with van der Waals surface area (Å²) in [5.41, 5.74) is 0. The van der Waals surface area contributed by atoms with Crippen LogP contribution < -0.4 is 0 Å². The standard InChI is InChI=1S/C6H13NO2/c1-3-7(2)5-4-6(8)9/h3-5H2,1-2H3,(H,8,9). The molecule has 0 aliphatic rings. The van der Waals surface area contributed by atoms with E-state index >= 15 is 0 Å². The second kappa shape index (κ2) is 4.32. The molecule has 0 fully saturated rings. The van der Waals surface area contributed by atoms with Gasteiger partial charge in [-0.2, -0.15) is 0 Å². The number of carboxylic acid groups (broad SMARTS) is 1. The van der Waals surface area contributed by atoms with Crippen LogP contribution in [-0.4, -0.2) is 36.1 Å². The molecule has 0 aliphatic carbocycles. The van der Waals surface area contributed by atoms with Gasteiger partial charge in [0.15, 0.2) is 0 Å². The van der Waals surface area contributed by atoms with Gasteiger partial charge in [0.1, 0.15) is 0 Å². The van der Waals surface area contributed by atoms with E-state index in [0.717, 1.165) is 6.54 Å². The Balaban J connectivity index is 3.16. The normalized spacial score (nSPS) is 10.1. The first-order valence-electron chi connectivity index (χ1n) is 3.07. The quantitative estimate of drug-likeness (QED) is 0.600. The molecule has 0 aromatic carbocycles. The van der Waals surface area contributed by atoms with Gasteiger partial charge in [-0.05, 0) is 13.6 Å². The van der Waals surface area contributed by atoms with Crippen molar-refractivity contribution in [3.63, 3.8) is 0 Å². The molecule has 0 aliphatic heterocycles. The monoisotopic (exact) mass is 131 g/mol. The molecule has 0 amide bonds. The SMILES string of the molecule is CCN(C)CCC(=O)O. The van der Waals surface area contributed by atoms with Gasteiger partial charge in [-0.3, -0.25) is 4.79 Å². The Hall–Kier alpha value is -0.570. The maximum Gasteiger partial charge on any atom is 0.304 e. The number of rotatable bonds is 4. The Labute approximate surface area is 55.3 Å². The summed E-state index contributed by atoms with van der Waals surface area (Å²) in [5.74, 6) is -0.727. The predicted molar refractivity (Wildman–Crippen MR) is 35.4 cm³/mol. The van der Waals surface area contributed by atoms with E-state index < -0.39 is 5.97 Å². The second-order valence-corrected chi connectivity index (χ2v) is 2.04. The molecule has 3 heteroatoms. The highest BCUT2D eigenvalue weighted by Crippen LogP contribution is 1.84. The Kier molecular flexibility index (Phi) is 4.05. The fourth-order valence-electron chi connectivity index (χ4n) is 0.445. The van der Waals surface area contributed by atoms with Crippen molar-refractivity contribution < 1.29 is 9.90 Å². The topological polar surface area (TPSA) is 40.5 Å². The summed E-state index contributed by atoms with van der Waals surface area (Å²) in [7, 11) is 1.91. The molecular weight excluding hydrogens is 118 g/mol. The van der Waals surface area contributed by atoms with E-state index in [0.29, 0.717) is 6.54 Å². The number of aliphatic carboxylic acids is 1. The molecule has 0 unspecified atom stereocenters. The van der Waals surface area contributed by atoms with Crippen molar-refractivity contribution in [3.05, 3.63) is 0 Å². The molecule has 0 radical (unpaired) electrons. The van der Waals surface area contributed by atoms with Gasteiger partial charge in [-0.25, -0.2) is 0 Å². The molecule has 0 atom stereocenters. The average molecular weight is 131 g/mol. The van der Waals surface area contributed by atoms with Crippen LogP contribution in [0.25, 0.3) is 0 Å². The fourth-order valence-corrected chi connectivity index (χ4v) is 0.445. The van der Waals surface area contributed by atoms with Crippen LogP contribution in [-0.2, 0) is 4.79 Å². The lowest BCUT2D eigenvalue weighted by Gasteiger charge is -2.10. The van der Waals surface area contributed by atoms with Crippen LogP contribution in [0, 0.1) is 0 Å². The van der Waals surface area contributed by atoms with Crippen LogP contribution in [0.3, 0.4) is 0 Å². The first kappa shape index (κ1) is 8.43. The lowest BCUT2D eigenvalue weighted by Crippen LogP contribution is -2.20. The summed E-state index contributed by atoms with van der Waals surface area (Å²) >= 11 is 0. The molecule has 0 bridgehead atoms. The maximum absolute atomic E-state index is 9.99. The number of hydrogen-bond donors (Lipinski definition) is 1. The van der Waals surface area contributed by atoms with Gasteiger partial charge >= 0.3 is 5.97 Å². The minimum Gasteiger partial charge on any atom is -0.481 e. The van der Waals surface area contributed by atoms with Crippen molar-refractivity contribution in [2.75, 3.05) is 20.1 Å². The minimum atomic E-state index is -0.727. The Morgan fingerprint density at radius 3 is 2.56 bits per heavy atom. The van der Waals surface area contributed by atoms with E-state index in [4.69, 9.17) is 5.11 Å². The van der Waals surface area contributed by atoms with Gasteiger partial charge in [0.2, 0.25) is 0 Å². The van der Waals surface area contributed by atoms with E-state index in [1.54, 1.807) is 0 Å². The summed E-state index contributed by atoms with van der Waals surface area (Å²) < 4.78 is 0. The highest BCUT2D eigenvalue weighted by atomic mass is 16.4. The van der Waals surface area contributed by atoms with Crippen molar-refractivity contribution in [2.45, 2.75) is 13.3 Å². The molecule has 1 N–H and O–H groups in total. The smallest absolute Gasteiger partial charge is 0.304 e. The lowest BCUT2D eigenvalue weighted by atomic mass is 10.4. The highest BCUT2D eigenvalue weighted by Gasteiger charge is 1.98. The molecule has 0 saturated heterocycles. The third kappa shape index (κ3) is 5.30. The van der Waals surface area contributed by atoms with E-state index in [2.05, 4.69) is 0 Å². The number of carbonyl (C=O) groups is 1. The van der Waals surface area contributed by atoms with Gasteiger partial charge in [0.05, 0.1) is 6.42 Å². The molecule has 0 aromatic rings. The molecule has 0 saturated carbocycles. The molecule has 9 heavy (non-hydrogen) atoms. The van der Waals surface area contributed by atoms with E-state index in [-0.39, 0.29) is 6.42 Å². The first-order chi connectivity index (χ1) is 4.16. The van der Waals surface area contributed by atoms with Gasteiger partial charge in [0, 0.05) is 6.54 Å². The van der Waals surface area contributed by atoms with Crippen LogP contribution in [0.15, 0.2) is 0 Å². The summed E-state index contributed by atoms with van der Waals surface area (Å²) in [6, 6.07) is 0. The minimum absolute atomic E-state index is 0.240. The van der Waals surface area contributed by atoms with E-state index in [9.17, 15) is 4.79 Å². The molecule has 3 nitrogen and oxygen atoms in total. The zero-order chi connectivity index (χ0) is 7.28. The Bertz CT molecular complexity index is 93.1. The largest absolute Gasteiger partial charge is 0.481 e.